The number of carbonyl (C=O) groups excluding carboxylic acids is 1. The van der Waals surface area contributed by atoms with Crippen molar-refractivity contribution in [1.29, 1.82) is 0 Å². The van der Waals surface area contributed by atoms with Crippen LogP contribution in [0, 0.1) is 5.82 Å². The van der Waals surface area contributed by atoms with Gasteiger partial charge >= 0.3 is 0 Å². The van der Waals surface area contributed by atoms with Crippen LogP contribution in [-0.4, -0.2) is 25.6 Å². The monoisotopic (exact) mass is 342 g/mol. The van der Waals surface area contributed by atoms with Crippen molar-refractivity contribution in [3.8, 4) is 5.75 Å². The highest BCUT2D eigenvalue weighted by Gasteiger charge is 2.10. The van der Waals surface area contributed by atoms with Gasteiger partial charge in [-0.05, 0) is 61.4 Å². The molecule has 1 amide bonds. The molecule has 1 saturated heterocycles. The van der Waals surface area contributed by atoms with Gasteiger partial charge in [-0.3, -0.25) is 4.79 Å². The highest BCUT2D eigenvalue weighted by Crippen LogP contribution is 2.21. The molecule has 25 heavy (non-hydrogen) atoms. The van der Waals surface area contributed by atoms with Gasteiger partial charge in [-0.2, -0.15) is 0 Å². The second-order valence-corrected chi connectivity index (χ2v) is 6.24. The van der Waals surface area contributed by atoms with Gasteiger partial charge in [0.2, 0.25) is 0 Å². The van der Waals surface area contributed by atoms with Crippen LogP contribution in [0.25, 0.3) is 0 Å². The van der Waals surface area contributed by atoms with E-state index >= 15 is 0 Å². The van der Waals surface area contributed by atoms with Crippen molar-refractivity contribution >= 4 is 17.3 Å². The second kappa shape index (κ2) is 8.51. The van der Waals surface area contributed by atoms with Crippen molar-refractivity contribution in [1.82, 2.24) is 0 Å². The van der Waals surface area contributed by atoms with Gasteiger partial charge in [0.1, 0.15) is 11.6 Å². The number of ether oxygens (including phenoxy) is 1. The van der Waals surface area contributed by atoms with Crippen molar-refractivity contribution in [2.75, 3.05) is 29.9 Å². The molecule has 1 heterocycles. The minimum atomic E-state index is -0.332. The predicted octanol–water partition coefficient (Wildman–Crippen LogP) is 4.22. The average Bonchev–Trinajstić information content (AvgIpc) is 2.91. The Morgan fingerprint density at radius 3 is 2.24 bits per heavy atom. The lowest BCUT2D eigenvalue weighted by atomic mass is 10.2. The van der Waals surface area contributed by atoms with Crippen LogP contribution in [0.2, 0.25) is 0 Å². The quantitative estimate of drug-likeness (QED) is 0.884. The third kappa shape index (κ3) is 5.21. The zero-order chi connectivity index (χ0) is 17.5. The van der Waals surface area contributed by atoms with E-state index in [2.05, 4.69) is 10.2 Å². The van der Waals surface area contributed by atoms with E-state index in [1.807, 2.05) is 24.3 Å². The Kier molecular flexibility index (Phi) is 5.88. The molecule has 3 rings (SSSR count). The fourth-order valence-electron chi connectivity index (χ4n) is 2.96. The molecule has 0 radical (unpaired) electrons. The molecular weight excluding hydrogens is 319 g/mol. The lowest BCUT2D eigenvalue weighted by molar-refractivity contribution is -0.118. The van der Waals surface area contributed by atoms with Crippen LogP contribution in [0.15, 0.2) is 48.5 Å². The van der Waals surface area contributed by atoms with Gasteiger partial charge in [-0.1, -0.05) is 12.8 Å². The Hall–Kier alpha value is -2.56. The van der Waals surface area contributed by atoms with Crippen LogP contribution in [0.5, 0.6) is 5.75 Å². The third-order valence-corrected chi connectivity index (χ3v) is 4.31. The summed E-state index contributed by atoms with van der Waals surface area (Å²) in [6.07, 6.45) is 5.08. The largest absolute Gasteiger partial charge is 0.484 e. The zero-order valence-electron chi connectivity index (χ0n) is 14.2. The molecule has 0 spiro atoms. The number of benzene rings is 2. The topological polar surface area (TPSA) is 41.6 Å². The van der Waals surface area contributed by atoms with Gasteiger partial charge in [0.05, 0.1) is 0 Å². The van der Waals surface area contributed by atoms with Crippen molar-refractivity contribution < 1.29 is 13.9 Å². The van der Waals surface area contributed by atoms with Crippen molar-refractivity contribution in [3.63, 3.8) is 0 Å². The molecule has 132 valence electrons. The number of hydrogen-bond donors (Lipinski definition) is 1. The average molecular weight is 342 g/mol. The maximum Gasteiger partial charge on any atom is 0.262 e. The van der Waals surface area contributed by atoms with E-state index in [4.69, 9.17) is 4.74 Å². The van der Waals surface area contributed by atoms with E-state index in [1.165, 1.54) is 55.6 Å². The number of nitrogens with zero attached hydrogens (tertiary/aromatic N) is 1. The Balaban J connectivity index is 1.50. The SMILES string of the molecule is O=C(COc1ccc(F)cc1)Nc1ccc(N2CCCCCC2)cc1. The minimum absolute atomic E-state index is 0.112. The maximum absolute atomic E-state index is 12.8. The first-order valence-corrected chi connectivity index (χ1v) is 8.74. The fourth-order valence-corrected chi connectivity index (χ4v) is 2.96. The van der Waals surface area contributed by atoms with E-state index in [1.54, 1.807) is 0 Å². The number of nitrogens with one attached hydrogen (secondary N) is 1. The summed E-state index contributed by atoms with van der Waals surface area (Å²) in [5.74, 6) is -0.110. The third-order valence-electron chi connectivity index (χ3n) is 4.31. The van der Waals surface area contributed by atoms with E-state index in [0.29, 0.717) is 5.75 Å². The van der Waals surface area contributed by atoms with Gasteiger partial charge in [-0.25, -0.2) is 4.39 Å². The molecular formula is C20H23FN2O2. The van der Waals surface area contributed by atoms with Gasteiger partial charge in [0.25, 0.3) is 5.91 Å². The number of halogens is 1. The molecule has 0 aliphatic carbocycles. The number of hydrogen-bond acceptors (Lipinski definition) is 3. The van der Waals surface area contributed by atoms with E-state index in [0.717, 1.165) is 18.8 Å². The fraction of sp³-hybridized carbons (Fsp3) is 0.350. The normalized spacial score (nSPS) is 14.7. The number of rotatable bonds is 5. The molecule has 0 unspecified atom stereocenters. The van der Waals surface area contributed by atoms with Crippen LogP contribution in [0.3, 0.4) is 0 Å². The summed E-state index contributed by atoms with van der Waals surface area (Å²) in [5, 5.41) is 2.81. The minimum Gasteiger partial charge on any atom is -0.484 e. The van der Waals surface area contributed by atoms with E-state index < -0.39 is 0 Å². The second-order valence-electron chi connectivity index (χ2n) is 6.24. The maximum atomic E-state index is 12.8. The van der Waals surface area contributed by atoms with Crippen LogP contribution in [0.4, 0.5) is 15.8 Å². The molecule has 5 heteroatoms. The summed E-state index contributed by atoms with van der Waals surface area (Å²) < 4.78 is 18.2. The first-order chi connectivity index (χ1) is 12.2. The molecule has 0 aromatic heterocycles. The zero-order valence-corrected chi connectivity index (χ0v) is 14.2. The van der Waals surface area contributed by atoms with Crippen LogP contribution in [0.1, 0.15) is 25.7 Å². The molecule has 0 atom stereocenters. The van der Waals surface area contributed by atoms with E-state index in [9.17, 15) is 9.18 Å². The standard InChI is InChI=1S/C20H23FN2O2/c21-16-5-11-19(12-6-16)25-15-20(24)22-17-7-9-18(10-8-17)23-13-3-1-2-4-14-23/h5-12H,1-4,13-15H2,(H,22,24). The van der Waals surface area contributed by atoms with Gasteiger partial charge in [0.15, 0.2) is 6.61 Å². The first-order valence-electron chi connectivity index (χ1n) is 8.74. The Morgan fingerprint density at radius 2 is 1.60 bits per heavy atom. The lowest BCUT2D eigenvalue weighted by Crippen LogP contribution is -2.24. The molecule has 1 fully saturated rings. The summed E-state index contributed by atoms with van der Waals surface area (Å²) in [6.45, 7) is 2.08. The van der Waals surface area contributed by atoms with Crippen molar-refractivity contribution in [3.05, 3.63) is 54.3 Å². The molecule has 1 N–H and O–H groups in total. The van der Waals surface area contributed by atoms with Crippen LogP contribution >= 0.6 is 0 Å². The van der Waals surface area contributed by atoms with Gasteiger partial charge in [0, 0.05) is 24.5 Å². The van der Waals surface area contributed by atoms with Crippen LogP contribution in [-0.2, 0) is 4.79 Å². The number of anilines is 2. The molecule has 1 aliphatic rings. The highest BCUT2D eigenvalue weighted by atomic mass is 19.1. The molecule has 2 aromatic rings. The highest BCUT2D eigenvalue weighted by molar-refractivity contribution is 5.92. The molecule has 0 bridgehead atoms. The van der Waals surface area contributed by atoms with Crippen LogP contribution < -0.4 is 15.0 Å². The Bertz CT molecular complexity index is 678. The summed E-state index contributed by atoms with van der Waals surface area (Å²) in [7, 11) is 0. The Labute approximate surface area is 147 Å². The lowest BCUT2D eigenvalue weighted by Gasteiger charge is -2.22. The predicted molar refractivity (Wildman–Crippen MR) is 97.6 cm³/mol. The van der Waals surface area contributed by atoms with Gasteiger partial charge < -0.3 is 15.0 Å². The summed E-state index contributed by atoms with van der Waals surface area (Å²) in [5.41, 5.74) is 1.94. The molecule has 2 aromatic carbocycles. The molecule has 0 saturated carbocycles. The molecule has 4 nitrogen and oxygen atoms in total. The van der Waals surface area contributed by atoms with Crippen molar-refractivity contribution in [2.45, 2.75) is 25.7 Å². The van der Waals surface area contributed by atoms with Crippen molar-refractivity contribution in [2.24, 2.45) is 0 Å². The van der Waals surface area contributed by atoms with E-state index in [-0.39, 0.29) is 18.3 Å². The summed E-state index contributed by atoms with van der Waals surface area (Å²) >= 11 is 0. The smallest absolute Gasteiger partial charge is 0.262 e. The first kappa shape index (κ1) is 17.3. The van der Waals surface area contributed by atoms with Gasteiger partial charge in [-0.15, -0.1) is 0 Å². The number of amides is 1. The summed E-state index contributed by atoms with van der Waals surface area (Å²) in [4.78, 5) is 14.4. The molecule has 1 aliphatic heterocycles. The number of carbonyl (C=O) groups is 1. The summed E-state index contributed by atoms with van der Waals surface area (Å²) in [6, 6.07) is 13.5. The Morgan fingerprint density at radius 1 is 0.960 bits per heavy atom.